The van der Waals surface area contributed by atoms with Crippen LogP contribution in [0.3, 0.4) is 0 Å². The Balaban J connectivity index is 2.02. The van der Waals surface area contributed by atoms with Crippen molar-refractivity contribution >= 4 is 11.8 Å². The lowest BCUT2D eigenvalue weighted by Crippen LogP contribution is -2.17. The number of carbonyl (C=O) groups is 1. The number of carbonyl (C=O) groups excluding carboxylic acids is 1. The van der Waals surface area contributed by atoms with Crippen LogP contribution in [-0.2, 0) is 0 Å². The molecule has 0 spiro atoms. The Bertz CT molecular complexity index is 728. The summed E-state index contributed by atoms with van der Waals surface area (Å²) in [6.45, 7) is 2.04. The van der Waals surface area contributed by atoms with E-state index in [2.05, 4.69) is 0 Å². The SMILES string of the molecule is C[C@@H](c1cccc(OC(=O)Oc2ccc([N+](=O)[O-])cc2)c1)N(C)C. The molecule has 2 aromatic rings. The summed E-state index contributed by atoms with van der Waals surface area (Å²) in [5.41, 5.74) is 0.918. The average molecular weight is 330 g/mol. The van der Waals surface area contributed by atoms with E-state index in [1.165, 1.54) is 24.3 Å². The Morgan fingerprint density at radius 1 is 1.08 bits per heavy atom. The number of hydrogen-bond donors (Lipinski definition) is 0. The van der Waals surface area contributed by atoms with Gasteiger partial charge in [-0.05, 0) is 50.8 Å². The second-order valence-electron chi connectivity index (χ2n) is 5.42. The van der Waals surface area contributed by atoms with Crippen molar-refractivity contribution in [3.63, 3.8) is 0 Å². The molecule has 0 fully saturated rings. The molecule has 1 atom stereocenters. The van der Waals surface area contributed by atoms with Crippen molar-refractivity contribution in [2.24, 2.45) is 0 Å². The zero-order valence-corrected chi connectivity index (χ0v) is 13.6. The van der Waals surface area contributed by atoms with Gasteiger partial charge in [-0.15, -0.1) is 0 Å². The third kappa shape index (κ3) is 4.53. The van der Waals surface area contributed by atoms with Gasteiger partial charge in [-0.1, -0.05) is 12.1 Å². The Hall–Kier alpha value is -2.93. The van der Waals surface area contributed by atoms with E-state index in [4.69, 9.17) is 9.47 Å². The Labute approximate surface area is 139 Å². The van der Waals surface area contributed by atoms with Crippen LogP contribution in [0.4, 0.5) is 10.5 Å². The highest BCUT2D eigenvalue weighted by Crippen LogP contribution is 2.23. The highest BCUT2D eigenvalue weighted by Gasteiger charge is 2.12. The molecule has 0 unspecified atom stereocenters. The Kier molecular flexibility index (Phi) is 5.49. The summed E-state index contributed by atoms with van der Waals surface area (Å²) in [5.74, 6) is 0.538. The van der Waals surface area contributed by atoms with Crippen molar-refractivity contribution in [2.45, 2.75) is 13.0 Å². The predicted octanol–water partition coefficient (Wildman–Crippen LogP) is 3.80. The molecule has 0 N–H and O–H groups in total. The number of nitrogens with zero attached hydrogens (tertiary/aromatic N) is 2. The van der Waals surface area contributed by atoms with Gasteiger partial charge in [-0.2, -0.15) is 0 Å². The van der Waals surface area contributed by atoms with Gasteiger partial charge in [0.05, 0.1) is 4.92 Å². The maximum atomic E-state index is 11.8. The standard InChI is InChI=1S/C17H18N2O5/c1-12(18(2)3)13-5-4-6-16(11-13)24-17(20)23-15-9-7-14(8-10-15)19(21)22/h4-12H,1-3H3/t12-/m0/s1. The monoisotopic (exact) mass is 330 g/mol. The lowest BCUT2D eigenvalue weighted by molar-refractivity contribution is -0.384. The van der Waals surface area contributed by atoms with E-state index in [-0.39, 0.29) is 17.5 Å². The second kappa shape index (κ2) is 7.56. The van der Waals surface area contributed by atoms with Gasteiger partial charge >= 0.3 is 6.16 Å². The number of nitro groups is 1. The summed E-state index contributed by atoms with van der Waals surface area (Å²) in [6, 6.07) is 12.5. The maximum Gasteiger partial charge on any atom is 0.519 e. The smallest absolute Gasteiger partial charge is 0.395 e. The molecule has 0 bridgehead atoms. The molecule has 7 nitrogen and oxygen atoms in total. The van der Waals surface area contributed by atoms with Crippen molar-refractivity contribution in [1.29, 1.82) is 0 Å². The van der Waals surface area contributed by atoms with Gasteiger partial charge < -0.3 is 14.4 Å². The van der Waals surface area contributed by atoms with E-state index in [1.54, 1.807) is 18.2 Å². The van der Waals surface area contributed by atoms with Crippen LogP contribution in [0.5, 0.6) is 11.5 Å². The average Bonchev–Trinajstić information content (AvgIpc) is 2.54. The van der Waals surface area contributed by atoms with Crippen LogP contribution in [0.2, 0.25) is 0 Å². The summed E-state index contributed by atoms with van der Waals surface area (Å²) in [6.07, 6.45) is -0.904. The molecule has 2 rings (SSSR count). The molecule has 126 valence electrons. The fraction of sp³-hybridized carbons (Fsp3) is 0.235. The van der Waals surface area contributed by atoms with Crippen LogP contribution >= 0.6 is 0 Å². The first-order valence-corrected chi connectivity index (χ1v) is 7.27. The van der Waals surface area contributed by atoms with Crippen molar-refractivity contribution < 1.29 is 19.2 Å². The summed E-state index contributed by atoms with van der Waals surface area (Å²) >= 11 is 0. The molecule has 0 aliphatic carbocycles. The van der Waals surface area contributed by atoms with Gasteiger partial charge in [0.25, 0.3) is 5.69 Å². The largest absolute Gasteiger partial charge is 0.519 e. The molecule has 0 aromatic heterocycles. The van der Waals surface area contributed by atoms with Crippen LogP contribution < -0.4 is 9.47 Å². The zero-order valence-electron chi connectivity index (χ0n) is 13.6. The summed E-state index contributed by atoms with van der Waals surface area (Å²) < 4.78 is 10.2. The lowest BCUT2D eigenvalue weighted by Gasteiger charge is -2.20. The molecule has 0 radical (unpaired) electrons. The number of nitro benzene ring substituents is 1. The van der Waals surface area contributed by atoms with E-state index >= 15 is 0 Å². The Morgan fingerprint density at radius 2 is 1.71 bits per heavy atom. The normalized spacial score (nSPS) is 11.8. The molecule has 0 amide bonds. The molecule has 0 heterocycles. The molecule has 0 aliphatic rings. The first-order chi connectivity index (χ1) is 11.4. The molecular formula is C17H18N2O5. The third-order valence-electron chi connectivity index (χ3n) is 3.57. The molecule has 0 saturated carbocycles. The fourth-order valence-corrected chi connectivity index (χ4v) is 1.99. The van der Waals surface area contributed by atoms with Crippen molar-refractivity contribution in [2.75, 3.05) is 14.1 Å². The molecule has 7 heteroatoms. The first-order valence-electron chi connectivity index (χ1n) is 7.27. The number of ether oxygens (including phenoxy) is 2. The molecular weight excluding hydrogens is 312 g/mol. The topological polar surface area (TPSA) is 81.9 Å². The minimum Gasteiger partial charge on any atom is -0.395 e. The fourth-order valence-electron chi connectivity index (χ4n) is 1.99. The second-order valence-corrected chi connectivity index (χ2v) is 5.42. The number of benzene rings is 2. The van der Waals surface area contributed by atoms with E-state index in [0.29, 0.717) is 5.75 Å². The van der Waals surface area contributed by atoms with Gasteiger partial charge in [-0.25, -0.2) is 4.79 Å². The number of non-ortho nitro benzene ring substituents is 1. The lowest BCUT2D eigenvalue weighted by atomic mass is 10.1. The maximum absolute atomic E-state index is 11.8. The Morgan fingerprint density at radius 3 is 2.29 bits per heavy atom. The minimum atomic E-state index is -0.904. The van der Waals surface area contributed by atoms with Gasteiger partial charge in [0.2, 0.25) is 0 Å². The van der Waals surface area contributed by atoms with Gasteiger partial charge in [-0.3, -0.25) is 10.1 Å². The van der Waals surface area contributed by atoms with Crippen molar-refractivity contribution in [3.05, 3.63) is 64.2 Å². The number of rotatable bonds is 5. The molecule has 2 aromatic carbocycles. The van der Waals surface area contributed by atoms with Crippen LogP contribution in [0.1, 0.15) is 18.5 Å². The van der Waals surface area contributed by atoms with Crippen molar-refractivity contribution in [3.8, 4) is 11.5 Å². The quantitative estimate of drug-likeness (QED) is 0.359. The van der Waals surface area contributed by atoms with Crippen LogP contribution in [0, 0.1) is 10.1 Å². The van der Waals surface area contributed by atoms with E-state index in [9.17, 15) is 14.9 Å². The highest BCUT2D eigenvalue weighted by atomic mass is 16.7. The third-order valence-corrected chi connectivity index (χ3v) is 3.57. The van der Waals surface area contributed by atoms with Crippen LogP contribution in [-0.4, -0.2) is 30.1 Å². The van der Waals surface area contributed by atoms with E-state index in [1.807, 2.05) is 32.0 Å². The summed E-state index contributed by atoms with van der Waals surface area (Å²) in [4.78, 5) is 23.9. The van der Waals surface area contributed by atoms with Gasteiger partial charge in [0.1, 0.15) is 11.5 Å². The molecule has 0 aliphatic heterocycles. The van der Waals surface area contributed by atoms with Crippen molar-refractivity contribution in [1.82, 2.24) is 4.90 Å². The van der Waals surface area contributed by atoms with E-state index in [0.717, 1.165) is 5.56 Å². The first kappa shape index (κ1) is 17.4. The summed E-state index contributed by atoms with van der Waals surface area (Å²) in [7, 11) is 3.92. The zero-order chi connectivity index (χ0) is 17.7. The number of hydrogen-bond acceptors (Lipinski definition) is 6. The van der Waals surface area contributed by atoms with E-state index < -0.39 is 11.1 Å². The molecule has 24 heavy (non-hydrogen) atoms. The van der Waals surface area contributed by atoms with Crippen LogP contribution in [0.15, 0.2) is 48.5 Å². The highest BCUT2D eigenvalue weighted by molar-refractivity contribution is 5.67. The predicted molar refractivity (Wildman–Crippen MR) is 88.3 cm³/mol. The van der Waals surface area contributed by atoms with Crippen LogP contribution in [0.25, 0.3) is 0 Å². The van der Waals surface area contributed by atoms with Gasteiger partial charge in [0.15, 0.2) is 0 Å². The minimum absolute atomic E-state index is 0.0823. The summed E-state index contributed by atoms with van der Waals surface area (Å²) in [5, 5.41) is 10.6. The van der Waals surface area contributed by atoms with Gasteiger partial charge in [0, 0.05) is 18.2 Å². The molecule has 0 saturated heterocycles.